The van der Waals surface area contributed by atoms with Crippen LogP contribution in [0.25, 0.3) is 11.4 Å². The van der Waals surface area contributed by atoms with Crippen LogP contribution in [0.3, 0.4) is 0 Å². The molecule has 1 aliphatic carbocycles. The van der Waals surface area contributed by atoms with Gasteiger partial charge in [0, 0.05) is 37.0 Å². The van der Waals surface area contributed by atoms with Gasteiger partial charge in [0.05, 0.1) is 4.90 Å². The van der Waals surface area contributed by atoms with Gasteiger partial charge in [0.15, 0.2) is 0 Å². The fraction of sp³-hybridized carbons (Fsp3) is 0.423. The van der Waals surface area contributed by atoms with Crippen LogP contribution in [0, 0.1) is 5.92 Å². The minimum Gasteiger partial charge on any atom is -0.356 e. The zero-order valence-electron chi connectivity index (χ0n) is 19.6. The number of aromatic nitrogens is 2. The van der Waals surface area contributed by atoms with Gasteiger partial charge in [-0.05, 0) is 68.4 Å². The maximum absolute atomic E-state index is 13.1. The number of nitrogens with zero attached hydrogens (tertiary/aromatic N) is 3. The van der Waals surface area contributed by atoms with Gasteiger partial charge in [0.2, 0.25) is 27.6 Å². The molecule has 0 unspecified atom stereocenters. The molecule has 0 spiro atoms. The van der Waals surface area contributed by atoms with Crippen LogP contribution in [-0.2, 0) is 21.2 Å². The summed E-state index contributed by atoms with van der Waals surface area (Å²) in [6.45, 7) is 1.30. The third-order valence-corrected chi connectivity index (χ3v) is 8.64. The molecular formula is C26H30N4O4S. The number of benzene rings is 2. The first kappa shape index (κ1) is 23.7. The molecule has 2 fully saturated rings. The zero-order chi connectivity index (χ0) is 24.3. The molecule has 1 aromatic heterocycles. The second kappa shape index (κ2) is 10.3. The molecule has 1 aliphatic heterocycles. The van der Waals surface area contributed by atoms with E-state index in [1.165, 1.54) is 9.87 Å². The summed E-state index contributed by atoms with van der Waals surface area (Å²) in [5.74, 6) is 1.37. The highest BCUT2D eigenvalue weighted by Gasteiger charge is 2.32. The van der Waals surface area contributed by atoms with E-state index >= 15 is 0 Å². The summed E-state index contributed by atoms with van der Waals surface area (Å²) in [4.78, 5) is 17.2. The first-order chi connectivity index (χ1) is 17.0. The molecule has 3 aromatic rings. The lowest BCUT2D eigenvalue weighted by Gasteiger charge is -2.30. The normalized spacial score (nSPS) is 17.4. The molecule has 2 heterocycles. The van der Waals surface area contributed by atoms with Gasteiger partial charge in [-0.3, -0.25) is 4.79 Å². The Morgan fingerprint density at radius 1 is 1.00 bits per heavy atom. The van der Waals surface area contributed by atoms with Crippen molar-refractivity contribution < 1.29 is 17.7 Å². The zero-order valence-corrected chi connectivity index (χ0v) is 20.4. The van der Waals surface area contributed by atoms with E-state index in [-0.39, 0.29) is 16.7 Å². The van der Waals surface area contributed by atoms with E-state index in [0.717, 1.165) is 31.2 Å². The van der Waals surface area contributed by atoms with Crippen LogP contribution in [-0.4, -0.2) is 48.4 Å². The lowest BCUT2D eigenvalue weighted by Crippen LogP contribution is -2.43. The smallest absolute Gasteiger partial charge is 0.243 e. The average Bonchev–Trinajstić information content (AvgIpc) is 3.63. The third kappa shape index (κ3) is 5.62. The largest absolute Gasteiger partial charge is 0.356 e. The van der Waals surface area contributed by atoms with Gasteiger partial charge in [-0.25, -0.2) is 8.42 Å². The van der Waals surface area contributed by atoms with Gasteiger partial charge in [0.25, 0.3) is 0 Å². The second-order valence-corrected chi connectivity index (χ2v) is 11.3. The molecule has 1 saturated carbocycles. The second-order valence-electron chi connectivity index (χ2n) is 9.31. The van der Waals surface area contributed by atoms with Crippen molar-refractivity contribution in [2.24, 2.45) is 5.92 Å². The Morgan fingerprint density at radius 3 is 2.40 bits per heavy atom. The van der Waals surface area contributed by atoms with E-state index in [2.05, 4.69) is 27.6 Å². The van der Waals surface area contributed by atoms with Crippen LogP contribution in [0.2, 0.25) is 0 Å². The Kier molecular flexibility index (Phi) is 6.97. The number of hydrogen-bond donors (Lipinski definition) is 1. The Bertz CT molecular complexity index is 1250. The van der Waals surface area contributed by atoms with Crippen molar-refractivity contribution in [1.82, 2.24) is 19.8 Å². The maximum atomic E-state index is 13.1. The molecule has 2 aliphatic rings. The van der Waals surface area contributed by atoms with E-state index in [1.54, 1.807) is 24.3 Å². The van der Waals surface area contributed by atoms with Crippen LogP contribution < -0.4 is 5.32 Å². The van der Waals surface area contributed by atoms with Crippen molar-refractivity contribution in [3.05, 3.63) is 66.1 Å². The lowest BCUT2D eigenvalue weighted by molar-refractivity contribution is -0.126. The van der Waals surface area contributed by atoms with Gasteiger partial charge >= 0.3 is 0 Å². The van der Waals surface area contributed by atoms with Crippen LogP contribution >= 0.6 is 0 Å². The topological polar surface area (TPSA) is 105 Å². The Labute approximate surface area is 205 Å². The molecule has 0 bridgehead atoms. The lowest BCUT2D eigenvalue weighted by atomic mass is 9.97. The highest BCUT2D eigenvalue weighted by molar-refractivity contribution is 7.89. The van der Waals surface area contributed by atoms with Gasteiger partial charge in [-0.1, -0.05) is 35.5 Å². The minimum absolute atomic E-state index is 0.0186. The summed E-state index contributed by atoms with van der Waals surface area (Å²) in [7, 11) is -3.62. The van der Waals surface area contributed by atoms with Crippen LogP contribution in [0.5, 0.6) is 0 Å². The Morgan fingerprint density at radius 2 is 1.71 bits per heavy atom. The molecule has 35 heavy (non-hydrogen) atoms. The number of piperidine rings is 1. The number of nitrogens with one attached hydrogen (secondary N) is 1. The van der Waals surface area contributed by atoms with E-state index in [1.807, 2.05) is 18.2 Å². The molecule has 5 rings (SSSR count). The summed E-state index contributed by atoms with van der Waals surface area (Å²) in [6.07, 6.45) is 5.00. The number of carbonyl (C=O) groups excluding carboxylic acids is 1. The van der Waals surface area contributed by atoms with E-state index in [4.69, 9.17) is 4.52 Å². The van der Waals surface area contributed by atoms with Crippen LogP contribution in [0.15, 0.2) is 64.0 Å². The number of sulfonamides is 1. The van der Waals surface area contributed by atoms with Gasteiger partial charge in [-0.15, -0.1) is 0 Å². The predicted octanol–water partition coefficient (Wildman–Crippen LogP) is 3.76. The van der Waals surface area contributed by atoms with Crippen LogP contribution in [0.4, 0.5) is 0 Å². The fourth-order valence-corrected chi connectivity index (χ4v) is 5.89. The molecule has 1 N–H and O–H groups in total. The average molecular weight is 495 g/mol. The number of rotatable bonds is 9. The van der Waals surface area contributed by atoms with Crippen molar-refractivity contribution in [3.8, 4) is 11.4 Å². The molecule has 1 saturated heterocycles. The quantitative estimate of drug-likeness (QED) is 0.454. The first-order valence-electron chi connectivity index (χ1n) is 12.3. The first-order valence-corrected chi connectivity index (χ1v) is 13.7. The van der Waals surface area contributed by atoms with E-state index < -0.39 is 10.0 Å². The predicted molar refractivity (Wildman–Crippen MR) is 131 cm³/mol. The van der Waals surface area contributed by atoms with Crippen molar-refractivity contribution in [3.63, 3.8) is 0 Å². The molecule has 9 heteroatoms. The molecule has 0 atom stereocenters. The van der Waals surface area contributed by atoms with Crippen molar-refractivity contribution in [1.29, 1.82) is 0 Å². The van der Waals surface area contributed by atoms with E-state index in [0.29, 0.717) is 50.1 Å². The van der Waals surface area contributed by atoms with Gasteiger partial charge in [0.1, 0.15) is 0 Å². The molecular weight excluding hydrogens is 464 g/mol. The number of hydrogen-bond acceptors (Lipinski definition) is 6. The highest BCUT2D eigenvalue weighted by Crippen LogP contribution is 2.39. The number of carbonyl (C=O) groups is 1. The van der Waals surface area contributed by atoms with Crippen molar-refractivity contribution >= 4 is 15.9 Å². The maximum Gasteiger partial charge on any atom is 0.243 e. The summed E-state index contributed by atoms with van der Waals surface area (Å²) >= 11 is 0. The van der Waals surface area contributed by atoms with Crippen molar-refractivity contribution in [2.75, 3.05) is 19.6 Å². The monoisotopic (exact) mass is 494 g/mol. The summed E-state index contributed by atoms with van der Waals surface area (Å²) in [6, 6.07) is 16.8. The standard InChI is InChI=1S/C26H30N4O4S/c31-25(27-16-4-7-19-5-2-1-3-6-19)21-14-17-30(18-15-21)35(32,33)23-12-10-20(11-13-23)24-28-26(34-29-24)22-8-9-22/h1-3,5-6,10-13,21-22H,4,7-9,14-18H2,(H,27,31). The van der Waals surface area contributed by atoms with Crippen molar-refractivity contribution in [2.45, 2.75) is 49.3 Å². The molecule has 2 aromatic carbocycles. The SMILES string of the molecule is O=C(NCCCc1ccccc1)C1CCN(S(=O)(=O)c2ccc(-c3noc(C4CC4)n3)cc2)CC1. The molecule has 184 valence electrons. The number of aryl methyl sites for hydroxylation is 1. The molecule has 1 amide bonds. The number of amides is 1. The fourth-order valence-electron chi connectivity index (χ4n) is 4.43. The Hall–Kier alpha value is -3.04. The minimum atomic E-state index is -3.62. The third-order valence-electron chi connectivity index (χ3n) is 6.73. The molecule has 8 nitrogen and oxygen atoms in total. The summed E-state index contributed by atoms with van der Waals surface area (Å²) in [5.41, 5.74) is 1.98. The van der Waals surface area contributed by atoms with Gasteiger partial charge in [-0.2, -0.15) is 9.29 Å². The summed E-state index contributed by atoms with van der Waals surface area (Å²) in [5, 5.41) is 7.03. The van der Waals surface area contributed by atoms with Gasteiger partial charge < -0.3 is 9.84 Å². The Balaban J connectivity index is 1.11. The highest BCUT2D eigenvalue weighted by atomic mass is 32.2. The molecule has 0 radical (unpaired) electrons. The summed E-state index contributed by atoms with van der Waals surface area (Å²) < 4.78 is 33.0. The van der Waals surface area contributed by atoms with E-state index in [9.17, 15) is 13.2 Å². The van der Waals surface area contributed by atoms with Crippen LogP contribution in [0.1, 0.15) is 49.5 Å².